The van der Waals surface area contributed by atoms with Gasteiger partial charge in [0.1, 0.15) is 11.5 Å². The van der Waals surface area contributed by atoms with Crippen LogP contribution < -0.4 is 14.8 Å². The van der Waals surface area contributed by atoms with Gasteiger partial charge in [0.15, 0.2) is 0 Å². The molecule has 4 rings (SSSR count). The molecule has 174 valence electrons. The van der Waals surface area contributed by atoms with E-state index in [1.807, 2.05) is 30.5 Å². The number of nitrogens with zero attached hydrogens (tertiary/aromatic N) is 2. The molecule has 1 fully saturated rings. The molecule has 33 heavy (non-hydrogen) atoms. The molecule has 2 aromatic carbocycles. The number of para-hydroxylation sites is 1. The predicted molar refractivity (Wildman–Crippen MR) is 130 cm³/mol. The Labute approximate surface area is 195 Å². The number of methoxy groups -OCH3 is 2. The van der Waals surface area contributed by atoms with Gasteiger partial charge < -0.3 is 14.8 Å². The first-order valence-corrected chi connectivity index (χ1v) is 11.7. The molecule has 1 aromatic heterocycles. The van der Waals surface area contributed by atoms with Crippen LogP contribution in [-0.2, 0) is 17.9 Å². The van der Waals surface area contributed by atoms with Gasteiger partial charge in [-0.3, -0.25) is 14.7 Å². The topological polar surface area (TPSA) is 63.7 Å². The molecule has 1 saturated heterocycles. The van der Waals surface area contributed by atoms with Crippen molar-refractivity contribution in [2.24, 2.45) is 5.92 Å². The van der Waals surface area contributed by atoms with Gasteiger partial charge in [-0.15, -0.1) is 0 Å². The van der Waals surface area contributed by atoms with Gasteiger partial charge in [-0.05, 0) is 61.6 Å². The number of ether oxygens (including phenoxy) is 2. The Bertz CT molecular complexity index is 1080. The fourth-order valence-corrected chi connectivity index (χ4v) is 4.68. The third kappa shape index (κ3) is 6.02. The molecule has 1 atom stereocenters. The second-order valence-electron chi connectivity index (χ2n) is 8.72. The van der Waals surface area contributed by atoms with Gasteiger partial charge in [-0.25, -0.2) is 0 Å². The minimum Gasteiger partial charge on any atom is -0.497 e. The van der Waals surface area contributed by atoms with Crippen molar-refractivity contribution < 1.29 is 14.3 Å². The summed E-state index contributed by atoms with van der Waals surface area (Å²) in [5.41, 5.74) is 3.32. The van der Waals surface area contributed by atoms with E-state index in [1.165, 1.54) is 23.8 Å². The highest BCUT2D eigenvalue weighted by Gasteiger charge is 2.21. The zero-order chi connectivity index (χ0) is 23.0. The zero-order valence-electron chi connectivity index (χ0n) is 19.5. The first kappa shape index (κ1) is 23.1. The van der Waals surface area contributed by atoms with Crippen LogP contribution in [0.5, 0.6) is 11.5 Å². The minimum atomic E-state index is 0.0881. The lowest BCUT2D eigenvalue weighted by Gasteiger charge is -2.33. The third-order valence-corrected chi connectivity index (χ3v) is 6.49. The number of fused-ring (bicyclic) bond motifs is 1. The molecule has 0 radical (unpaired) electrons. The summed E-state index contributed by atoms with van der Waals surface area (Å²) in [5, 5.41) is 4.27. The van der Waals surface area contributed by atoms with Crippen molar-refractivity contribution in [3.8, 4) is 11.5 Å². The molecule has 1 amide bonds. The summed E-state index contributed by atoms with van der Waals surface area (Å²) in [6, 6.07) is 16.1. The Balaban J connectivity index is 1.26. The van der Waals surface area contributed by atoms with Crippen LogP contribution in [0.1, 0.15) is 36.8 Å². The molecule has 3 aromatic rings. The lowest BCUT2D eigenvalue weighted by Crippen LogP contribution is -2.35. The number of rotatable bonds is 9. The van der Waals surface area contributed by atoms with E-state index in [0.717, 1.165) is 48.6 Å². The van der Waals surface area contributed by atoms with E-state index in [9.17, 15) is 4.79 Å². The van der Waals surface area contributed by atoms with Crippen molar-refractivity contribution in [2.75, 3.05) is 27.3 Å². The first-order valence-electron chi connectivity index (χ1n) is 11.7. The largest absolute Gasteiger partial charge is 0.497 e. The van der Waals surface area contributed by atoms with Crippen molar-refractivity contribution in [3.63, 3.8) is 0 Å². The van der Waals surface area contributed by atoms with Crippen LogP contribution in [0.2, 0.25) is 0 Å². The SMILES string of the molecule is COc1ccc(CNC(=O)CC[C@H]2CCCN(Cc3ccnc4ccccc34)C2)c(OC)c1. The highest BCUT2D eigenvalue weighted by Crippen LogP contribution is 2.26. The van der Waals surface area contributed by atoms with Gasteiger partial charge in [-0.2, -0.15) is 0 Å². The quantitative estimate of drug-likeness (QED) is 0.521. The molecule has 1 N–H and O–H groups in total. The second kappa shape index (κ2) is 11.1. The van der Waals surface area contributed by atoms with E-state index >= 15 is 0 Å². The molecule has 6 heteroatoms. The van der Waals surface area contributed by atoms with Gasteiger partial charge >= 0.3 is 0 Å². The number of carbonyl (C=O) groups is 1. The molecule has 1 aliphatic rings. The van der Waals surface area contributed by atoms with Crippen LogP contribution in [0, 0.1) is 5.92 Å². The fraction of sp³-hybridized carbons (Fsp3) is 0.407. The van der Waals surface area contributed by atoms with Gasteiger partial charge in [0.05, 0.1) is 19.7 Å². The van der Waals surface area contributed by atoms with Gasteiger partial charge in [0.2, 0.25) is 5.91 Å². The van der Waals surface area contributed by atoms with E-state index in [4.69, 9.17) is 9.47 Å². The number of benzene rings is 2. The second-order valence-corrected chi connectivity index (χ2v) is 8.72. The van der Waals surface area contributed by atoms with Gasteiger partial charge in [-0.1, -0.05) is 18.2 Å². The lowest BCUT2D eigenvalue weighted by atomic mass is 9.92. The smallest absolute Gasteiger partial charge is 0.220 e. The van der Waals surface area contributed by atoms with Gasteiger partial charge in [0.25, 0.3) is 0 Å². The fourth-order valence-electron chi connectivity index (χ4n) is 4.68. The summed E-state index contributed by atoms with van der Waals surface area (Å²) < 4.78 is 10.7. The number of hydrogen-bond donors (Lipinski definition) is 1. The van der Waals surface area contributed by atoms with Crippen LogP contribution in [0.15, 0.2) is 54.7 Å². The van der Waals surface area contributed by atoms with Crippen LogP contribution in [0.4, 0.5) is 0 Å². The zero-order valence-corrected chi connectivity index (χ0v) is 19.5. The average Bonchev–Trinajstić information content (AvgIpc) is 2.86. The van der Waals surface area contributed by atoms with E-state index in [1.54, 1.807) is 14.2 Å². The predicted octanol–water partition coefficient (Wildman–Crippen LogP) is 4.56. The van der Waals surface area contributed by atoms with Crippen LogP contribution in [0.25, 0.3) is 10.9 Å². The number of amides is 1. The summed E-state index contributed by atoms with van der Waals surface area (Å²) in [6.07, 6.45) is 5.74. The molecule has 1 aliphatic heterocycles. The van der Waals surface area contributed by atoms with Crippen LogP contribution >= 0.6 is 0 Å². The van der Waals surface area contributed by atoms with E-state index in [2.05, 4.69) is 39.5 Å². The van der Waals surface area contributed by atoms with E-state index in [-0.39, 0.29) is 5.91 Å². The van der Waals surface area contributed by atoms with E-state index < -0.39 is 0 Å². The van der Waals surface area contributed by atoms with Crippen molar-refractivity contribution in [2.45, 2.75) is 38.8 Å². The Kier molecular flexibility index (Phi) is 7.79. The minimum absolute atomic E-state index is 0.0881. The van der Waals surface area contributed by atoms with Crippen LogP contribution in [0.3, 0.4) is 0 Å². The van der Waals surface area contributed by atoms with Crippen molar-refractivity contribution in [3.05, 3.63) is 65.9 Å². The Morgan fingerprint density at radius 2 is 2.00 bits per heavy atom. The Hall–Kier alpha value is -3.12. The maximum Gasteiger partial charge on any atom is 0.220 e. The molecular formula is C27H33N3O3. The standard InChI is InChI=1S/C27H33N3O3/c1-32-23-11-10-21(26(16-23)33-2)17-29-27(31)12-9-20-6-5-15-30(18-20)19-22-13-14-28-25-8-4-3-7-24(22)25/h3-4,7-8,10-11,13-14,16,20H,5-6,9,12,15,17-19H2,1-2H3,(H,29,31)/t20-/m1/s1. The molecule has 0 saturated carbocycles. The molecular weight excluding hydrogens is 414 g/mol. The number of pyridine rings is 1. The van der Waals surface area contributed by atoms with Crippen molar-refractivity contribution in [1.82, 2.24) is 15.2 Å². The molecule has 2 heterocycles. The Morgan fingerprint density at radius 3 is 2.85 bits per heavy atom. The lowest BCUT2D eigenvalue weighted by molar-refractivity contribution is -0.121. The monoisotopic (exact) mass is 447 g/mol. The highest BCUT2D eigenvalue weighted by molar-refractivity contribution is 5.81. The number of aromatic nitrogens is 1. The summed E-state index contributed by atoms with van der Waals surface area (Å²) >= 11 is 0. The molecule has 0 unspecified atom stereocenters. The number of hydrogen-bond acceptors (Lipinski definition) is 5. The number of carbonyl (C=O) groups excluding carboxylic acids is 1. The normalized spacial score (nSPS) is 16.5. The highest BCUT2D eigenvalue weighted by atomic mass is 16.5. The molecule has 0 bridgehead atoms. The summed E-state index contributed by atoms with van der Waals surface area (Å²) in [6.45, 7) is 3.54. The average molecular weight is 448 g/mol. The summed E-state index contributed by atoms with van der Waals surface area (Å²) in [4.78, 5) is 19.5. The maximum atomic E-state index is 12.5. The van der Waals surface area contributed by atoms with Gasteiger partial charge in [0, 0.05) is 49.3 Å². The summed E-state index contributed by atoms with van der Waals surface area (Å²) in [7, 11) is 3.26. The molecule has 6 nitrogen and oxygen atoms in total. The molecule has 0 aliphatic carbocycles. The third-order valence-electron chi connectivity index (χ3n) is 6.49. The summed E-state index contributed by atoms with van der Waals surface area (Å²) in [5.74, 6) is 2.10. The van der Waals surface area contributed by atoms with Crippen molar-refractivity contribution in [1.29, 1.82) is 0 Å². The maximum absolute atomic E-state index is 12.5. The molecule has 0 spiro atoms. The number of nitrogens with one attached hydrogen (secondary N) is 1. The van der Waals surface area contributed by atoms with Crippen LogP contribution in [-0.4, -0.2) is 43.1 Å². The van der Waals surface area contributed by atoms with Crippen molar-refractivity contribution >= 4 is 16.8 Å². The first-order chi connectivity index (χ1) is 16.2. The number of likely N-dealkylation sites (tertiary alicyclic amines) is 1. The number of piperidine rings is 1. The van der Waals surface area contributed by atoms with E-state index in [0.29, 0.717) is 18.9 Å². The Morgan fingerprint density at radius 1 is 1.12 bits per heavy atom.